The molecule has 0 amide bonds. The van der Waals surface area contributed by atoms with Gasteiger partial charge in [-0.2, -0.15) is 17.4 Å². The quantitative estimate of drug-likeness (QED) is 0.726. The van der Waals surface area contributed by atoms with Gasteiger partial charge in [0.15, 0.2) is 5.78 Å². The monoisotopic (exact) mass is 381 g/mol. The minimum absolute atomic E-state index is 0.265. The molecule has 0 bridgehead atoms. The van der Waals surface area contributed by atoms with E-state index in [0.29, 0.717) is 13.2 Å². The molecule has 0 saturated carbocycles. The maximum absolute atomic E-state index is 12.7. The fraction of sp³-hybridized carbons (Fsp3) is 0.375. The third kappa shape index (κ3) is 4.71. The van der Waals surface area contributed by atoms with E-state index in [1.165, 1.54) is 15.6 Å². The molecule has 134 valence electrons. The fourth-order valence-corrected chi connectivity index (χ4v) is 4.46. The second-order valence-electron chi connectivity index (χ2n) is 5.61. The number of nitrogens with zero attached hydrogens (tertiary/aromatic N) is 2. The molecule has 1 aromatic carbocycles. The zero-order chi connectivity index (χ0) is 17.7. The number of hydrogen-bond acceptors (Lipinski definition) is 6. The van der Waals surface area contributed by atoms with Gasteiger partial charge in [0, 0.05) is 18.5 Å². The van der Waals surface area contributed by atoms with Gasteiger partial charge in [0.05, 0.1) is 24.8 Å². The molecule has 25 heavy (non-hydrogen) atoms. The van der Waals surface area contributed by atoms with E-state index in [1.807, 2.05) is 30.3 Å². The highest BCUT2D eigenvalue weighted by molar-refractivity contribution is 7.87. The molecule has 0 radical (unpaired) electrons. The van der Waals surface area contributed by atoms with Crippen LogP contribution in [0, 0.1) is 0 Å². The van der Waals surface area contributed by atoms with Gasteiger partial charge in [-0.05, 0) is 12.0 Å². The Balaban J connectivity index is 1.81. The first kappa shape index (κ1) is 18.2. The number of ketones is 1. The third-order valence-corrected chi connectivity index (χ3v) is 6.10. The third-order valence-electron chi connectivity index (χ3n) is 3.89. The van der Waals surface area contributed by atoms with Gasteiger partial charge in [0.25, 0.3) is 10.2 Å². The lowest BCUT2D eigenvalue weighted by molar-refractivity contribution is 0.0721. The molecule has 2 aromatic rings. The number of benzene rings is 1. The molecule has 2 heterocycles. The first-order valence-electron chi connectivity index (χ1n) is 7.88. The van der Waals surface area contributed by atoms with E-state index < -0.39 is 16.3 Å². The van der Waals surface area contributed by atoms with Crippen LogP contribution in [0.25, 0.3) is 0 Å². The summed E-state index contributed by atoms with van der Waals surface area (Å²) in [6.07, 6.45) is 0.265. The summed E-state index contributed by atoms with van der Waals surface area (Å²) in [6.45, 7) is 1.26. The number of morpholine rings is 1. The van der Waals surface area contributed by atoms with Gasteiger partial charge in [-0.3, -0.25) is 4.79 Å². The number of Topliss-reactive ketones (excluding diaryl/α,β-unsaturated/α-hetero) is 1. The highest BCUT2D eigenvalue weighted by Crippen LogP contribution is 2.13. The number of hydrogen-bond donors (Lipinski definition) is 1. The molecule has 1 aliphatic rings. The van der Waals surface area contributed by atoms with Gasteiger partial charge in [0.2, 0.25) is 0 Å². The lowest BCUT2D eigenvalue weighted by Gasteiger charge is -2.28. The molecule has 1 N–H and O–H groups in total. The van der Waals surface area contributed by atoms with E-state index in [4.69, 9.17) is 4.74 Å². The van der Waals surface area contributed by atoms with Crippen LogP contribution < -0.4 is 4.72 Å². The molecular formula is C16H19N3O4S2. The predicted octanol–water partition coefficient (Wildman–Crippen LogP) is 1.10. The summed E-state index contributed by atoms with van der Waals surface area (Å²) < 4.78 is 34.4. The van der Waals surface area contributed by atoms with Crippen molar-refractivity contribution >= 4 is 27.3 Å². The fourth-order valence-electron chi connectivity index (χ4n) is 2.59. The smallest absolute Gasteiger partial charge is 0.280 e. The van der Waals surface area contributed by atoms with Gasteiger partial charge in [-0.1, -0.05) is 30.3 Å². The van der Waals surface area contributed by atoms with Gasteiger partial charge in [-0.15, -0.1) is 11.3 Å². The number of aromatic nitrogens is 1. The minimum Gasteiger partial charge on any atom is -0.379 e. The predicted molar refractivity (Wildman–Crippen MR) is 94.8 cm³/mol. The molecule has 0 aliphatic carbocycles. The Morgan fingerprint density at radius 3 is 2.64 bits per heavy atom. The number of carbonyl (C=O) groups is 1. The summed E-state index contributed by atoms with van der Waals surface area (Å²) in [5.41, 5.74) is 2.71. The van der Waals surface area contributed by atoms with Gasteiger partial charge in [0.1, 0.15) is 5.69 Å². The van der Waals surface area contributed by atoms with E-state index in [2.05, 4.69) is 9.71 Å². The summed E-state index contributed by atoms with van der Waals surface area (Å²) in [4.78, 5) is 16.8. The molecule has 1 atom stereocenters. The highest BCUT2D eigenvalue weighted by atomic mass is 32.2. The average molecular weight is 381 g/mol. The van der Waals surface area contributed by atoms with Crippen LogP contribution >= 0.6 is 11.3 Å². The summed E-state index contributed by atoms with van der Waals surface area (Å²) in [6, 6.07) is 8.41. The van der Waals surface area contributed by atoms with Crippen molar-refractivity contribution in [1.29, 1.82) is 0 Å². The largest absolute Gasteiger partial charge is 0.379 e. The Bertz CT molecular complexity index is 788. The Morgan fingerprint density at radius 1 is 1.28 bits per heavy atom. The van der Waals surface area contributed by atoms with Crippen LogP contribution in [0.1, 0.15) is 16.1 Å². The van der Waals surface area contributed by atoms with Crippen molar-refractivity contribution in [2.24, 2.45) is 0 Å². The molecule has 1 aliphatic heterocycles. The van der Waals surface area contributed by atoms with Crippen molar-refractivity contribution in [3.05, 3.63) is 52.5 Å². The highest BCUT2D eigenvalue weighted by Gasteiger charge is 2.31. The van der Waals surface area contributed by atoms with E-state index in [9.17, 15) is 13.2 Å². The molecule has 1 aromatic heterocycles. The SMILES string of the molecule is O=C(c1cscn1)[C@H](Cc1ccccc1)NS(=O)(=O)N1CCOCC1. The molecule has 0 unspecified atom stereocenters. The molecular weight excluding hydrogens is 362 g/mol. The Labute approximate surface area is 150 Å². The van der Waals surface area contributed by atoms with Gasteiger partial charge in [-0.25, -0.2) is 4.98 Å². The average Bonchev–Trinajstić information content (AvgIpc) is 3.17. The maximum atomic E-state index is 12.7. The van der Waals surface area contributed by atoms with Crippen molar-refractivity contribution in [2.75, 3.05) is 26.3 Å². The molecule has 1 saturated heterocycles. The summed E-state index contributed by atoms with van der Waals surface area (Å²) in [5, 5.41) is 1.63. The summed E-state index contributed by atoms with van der Waals surface area (Å²) in [7, 11) is -3.78. The van der Waals surface area contributed by atoms with Gasteiger partial charge >= 0.3 is 0 Å². The molecule has 1 fully saturated rings. The first-order valence-corrected chi connectivity index (χ1v) is 10.3. The van der Waals surface area contributed by atoms with E-state index in [1.54, 1.807) is 10.9 Å². The van der Waals surface area contributed by atoms with Gasteiger partial charge < -0.3 is 4.74 Å². The van der Waals surface area contributed by atoms with Crippen molar-refractivity contribution < 1.29 is 17.9 Å². The number of thiazole rings is 1. The van der Waals surface area contributed by atoms with Crippen molar-refractivity contribution in [1.82, 2.24) is 14.0 Å². The molecule has 9 heteroatoms. The van der Waals surface area contributed by atoms with Crippen LogP contribution in [0.3, 0.4) is 0 Å². The zero-order valence-corrected chi connectivity index (χ0v) is 15.1. The Kier molecular flexibility index (Phi) is 5.92. The number of nitrogens with one attached hydrogen (secondary N) is 1. The second-order valence-corrected chi connectivity index (χ2v) is 8.04. The lowest BCUT2D eigenvalue weighted by Crippen LogP contribution is -2.52. The number of carbonyl (C=O) groups excluding carboxylic acids is 1. The normalized spacial score (nSPS) is 17.3. The zero-order valence-electron chi connectivity index (χ0n) is 13.5. The standard InChI is InChI=1S/C16H19N3O4S2/c20-16(15-11-24-12-17-15)14(10-13-4-2-1-3-5-13)18-25(21,22)19-6-8-23-9-7-19/h1-5,11-12,14,18H,6-10H2/t14-/m0/s1. The lowest BCUT2D eigenvalue weighted by atomic mass is 10.0. The Morgan fingerprint density at radius 2 is 2.00 bits per heavy atom. The van der Waals surface area contributed by atoms with E-state index in [0.717, 1.165) is 5.56 Å². The van der Waals surface area contributed by atoms with E-state index in [-0.39, 0.29) is 31.0 Å². The first-order chi connectivity index (χ1) is 12.1. The van der Waals surface area contributed by atoms with Crippen molar-refractivity contribution in [2.45, 2.75) is 12.5 Å². The number of ether oxygens (including phenoxy) is 1. The van der Waals surface area contributed by atoms with Crippen LogP contribution in [-0.2, 0) is 21.4 Å². The second kappa shape index (κ2) is 8.15. The topological polar surface area (TPSA) is 88.6 Å². The maximum Gasteiger partial charge on any atom is 0.280 e. The van der Waals surface area contributed by atoms with Crippen LogP contribution in [-0.4, -0.2) is 55.8 Å². The van der Waals surface area contributed by atoms with Crippen LogP contribution in [0.2, 0.25) is 0 Å². The molecule has 3 rings (SSSR count). The molecule has 7 nitrogen and oxygen atoms in total. The Hall–Kier alpha value is -1.65. The van der Waals surface area contributed by atoms with Crippen LogP contribution in [0.15, 0.2) is 41.2 Å². The van der Waals surface area contributed by atoms with Crippen LogP contribution in [0.5, 0.6) is 0 Å². The number of rotatable bonds is 7. The summed E-state index contributed by atoms with van der Waals surface area (Å²) in [5.74, 6) is -0.332. The van der Waals surface area contributed by atoms with Crippen molar-refractivity contribution in [3.8, 4) is 0 Å². The summed E-state index contributed by atoms with van der Waals surface area (Å²) >= 11 is 1.30. The molecule has 0 spiro atoms. The minimum atomic E-state index is -3.78. The van der Waals surface area contributed by atoms with Crippen molar-refractivity contribution in [3.63, 3.8) is 0 Å². The van der Waals surface area contributed by atoms with E-state index >= 15 is 0 Å². The van der Waals surface area contributed by atoms with Crippen LogP contribution in [0.4, 0.5) is 0 Å².